The normalized spacial score (nSPS) is 35.6. The summed E-state index contributed by atoms with van der Waals surface area (Å²) in [6.45, 7) is 6.40. The molecule has 1 N–H and O–H groups in total. The first kappa shape index (κ1) is 6.81. The second-order valence-electron chi connectivity index (χ2n) is 3.08. The fourth-order valence-corrected chi connectivity index (χ4v) is 1.52. The summed E-state index contributed by atoms with van der Waals surface area (Å²) in [4.78, 5) is 0. The van der Waals surface area contributed by atoms with Gasteiger partial charge in [-0.15, -0.1) is 0 Å². The topological polar surface area (TPSA) is 20.2 Å². The van der Waals surface area contributed by atoms with Crippen LogP contribution in [0.1, 0.15) is 19.8 Å². The van der Waals surface area contributed by atoms with Crippen molar-refractivity contribution in [1.29, 1.82) is 0 Å². The Kier molecular flexibility index (Phi) is 1.91. The number of aliphatic hydroxyl groups excluding tert-OH is 1. The highest BCUT2D eigenvalue weighted by atomic mass is 16.3. The zero-order chi connectivity index (χ0) is 6.85. The number of allylic oxidation sites excluding steroid dienone is 1. The Morgan fingerprint density at radius 3 is 2.56 bits per heavy atom. The second-order valence-corrected chi connectivity index (χ2v) is 3.08. The molecule has 0 aromatic rings. The minimum Gasteiger partial charge on any atom is -0.396 e. The summed E-state index contributed by atoms with van der Waals surface area (Å²) in [6.07, 6.45) is 2.16. The summed E-state index contributed by atoms with van der Waals surface area (Å²) >= 11 is 0. The van der Waals surface area contributed by atoms with Crippen molar-refractivity contribution in [2.75, 3.05) is 6.61 Å². The van der Waals surface area contributed by atoms with Gasteiger partial charge in [-0.1, -0.05) is 19.1 Å². The minimum atomic E-state index is 0.334. The predicted molar refractivity (Wildman–Crippen MR) is 38.1 cm³/mol. The van der Waals surface area contributed by atoms with Crippen LogP contribution in [0, 0.1) is 11.8 Å². The van der Waals surface area contributed by atoms with E-state index in [0.717, 1.165) is 12.8 Å². The standard InChI is InChI=1S/C8H14O/c1-6-3-7(2)8(4-6)5-9/h7-9H,1,3-5H2,2H3. The van der Waals surface area contributed by atoms with Crippen molar-refractivity contribution in [3.8, 4) is 0 Å². The zero-order valence-electron chi connectivity index (χ0n) is 5.93. The smallest absolute Gasteiger partial charge is 0.0464 e. The van der Waals surface area contributed by atoms with Crippen LogP contribution in [-0.2, 0) is 0 Å². The van der Waals surface area contributed by atoms with Crippen molar-refractivity contribution in [3.05, 3.63) is 12.2 Å². The lowest BCUT2D eigenvalue weighted by atomic mass is 10.00. The van der Waals surface area contributed by atoms with E-state index >= 15 is 0 Å². The lowest BCUT2D eigenvalue weighted by Gasteiger charge is -2.08. The average Bonchev–Trinajstić information content (AvgIpc) is 2.10. The van der Waals surface area contributed by atoms with Crippen molar-refractivity contribution in [3.63, 3.8) is 0 Å². The molecule has 0 saturated heterocycles. The maximum absolute atomic E-state index is 8.81. The molecule has 1 fully saturated rings. The number of rotatable bonds is 1. The molecule has 0 bridgehead atoms. The Morgan fingerprint density at radius 1 is 1.67 bits per heavy atom. The summed E-state index contributed by atoms with van der Waals surface area (Å²) in [6, 6.07) is 0. The number of aliphatic hydroxyl groups is 1. The van der Waals surface area contributed by atoms with E-state index in [9.17, 15) is 0 Å². The fourth-order valence-electron chi connectivity index (χ4n) is 1.52. The zero-order valence-corrected chi connectivity index (χ0v) is 5.93. The summed E-state index contributed by atoms with van der Waals surface area (Å²) in [5.41, 5.74) is 1.31. The van der Waals surface area contributed by atoms with Crippen LogP contribution in [0.3, 0.4) is 0 Å². The number of hydrogen-bond donors (Lipinski definition) is 1. The first-order valence-corrected chi connectivity index (χ1v) is 3.51. The molecule has 0 heterocycles. The molecular formula is C8H14O. The van der Waals surface area contributed by atoms with Gasteiger partial charge in [0.05, 0.1) is 0 Å². The maximum Gasteiger partial charge on any atom is 0.0464 e. The van der Waals surface area contributed by atoms with E-state index < -0.39 is 0 Å². The lowest BCUT2D eigenvalue weighted by Crippen LogP contribution is -2.07. The third kappa shape index (κ3) is 1.33. The van der Waals surface area contributed by atoms with Gasteiger partial charge in [0.1, 0.15) is 0 Å². The van der Waals surface area contributed by atoms with Gasteiger partial charge in [0, 0.05) is 6.61 Å². The van der Waals surface area contributed by atoms with Crippen molar-refractivity contribution < 1.29 is 5.11 Å². The SMILES string of the molecule is C=C1CC(C)C(CO)C1. The molecule has 0 aromatic heterocycles. The van der Waals surface area contributed by atoms with Gasteiger partial charge < -0.3 is 5.11 Å². The molecule has 0 amide bonds. The van der Waals surface area contributed by atoms with Crippen molar-refractivity contribution >= 4 is 0 Å². The molecule has 2 unspecified atom stereocenters. The van der Waals surface area contributed by atoms with E-state index in [0.29, 0.717) is 18.4 Å². The van der Waals surface area contributed by atoms with E-state index in [1.54, 1.807) is 0 Å². The maximum atomic E-state index is 8.81. The van der Waals surface area contributed by atoms with E-state index in [1.807, 2.05) is 0 Å². The minimum absolute atomic E-state index is 0.334. The molecule has 0 aromatic carbocycles. The van der Waals surface area contributed by atoms with Crippen LogP contribution in [0.2, 0.25) is 0 Å². The largest absolute Gasteiger partial charge is 0.396 e. The van der Waals surface area contributed by atoms with Gasteiger partial charge in [0.2, 0.25) is 0 Å². The molecule has 9 heavy (non-hydrogen) atoms. The Labute approximate surface area is 56.4 Å². The van der Waals surface area contributed by atoms with Crippen LogP contribution in [0.15, 0.2) is 12.2 Å². The molecule has 1 nitrogen and oxygen atoms in total. The average molecular weight is 126 g/mol. The van der Waals surface area contributed by atoms with E-state index in [-0.39, 0.29) is 0 Å². The van der Waals surface area contributed by atoms with E-state index in [1.165, 1.54) is 5.57 Å². The Hall–Kier alpha value is -0.300. The molecule has 1 aliphatic carbocycles. The third-order valence-electron chi connectivity index (χ3n) is 2.20. The Bertz CT molecular complexity index is 118. The molecule has 0 radical (unpaired) electrons. The second kappa shape index (κ2) is 2.53. The van der Waals surface area contributed by atoms with E-state index in [2.05, 4.69) is 13.5 Å². The van der Waals surface area contributed by atoms with Crippen LogP contribution in [0.5, 0.6) is 0 Å². The van der Waals surface area contributed by atoms with Gasteiger partial charge in [0.25, 0.3) is 0 Å². The summed E-state index contributed by atoms with van der Waals surface area (Å²) in [5, 5.41) is 8.81. The first-order chi connectivity index (χ1) is 4.24. The molecule has 2 atom stereocenters. The van der Waals surface area contributed by atoms with Gasteiger partial charge in [-0.3, -0.25) is 0 Å². The van der Waals surface area contributed by atoms with Gasteiger partial charge in [-0.2, -0.15) is 0 Å². The first-order valence-electron chi connectivity index (χ1n) is 3.51. The highest BCUT2D eigenvalue weighted by Gasteiger charge is 2.24. The summed E-state index contributed by atoms with van der Waals surface area (Å²) < 4.78 is 0. The van der Waals surface area contributed by atoms with Crippen molar-refractivity contribution in [2.45, 2.75) is 19.8 Å². The van der Waals surface area contributed by atoms with E-state index in [4.69, 9.17) is 5.11 Å². The summed E-state index contributed by atoms with van der Waals surface area (Å²) in [5.74, 6) is 1.15. The van der Waals surface area contributed by atoms with Crippen LogP contribution in [0.4, 0.5) is 0 Å². The van der Waals surface area contributed by atoms with Gasteiger partial charge in [-0.05, 0) is 24.7 Å². The van der Waals surface area contributed by atoms with Crippen molar-refractivity contribution in [2.24, 2.45) is 11.8 Å². The molecule has 1 saturated carbocycles. The third-order valence-corrected chi connectivity index (χ3v) is 2.20. The quantitative estimate of drug-likeness (QED) is 0.529. The highest BCUT2D eigenvalue weighted by molar-refractivity contribution is 5.04. The van der Waals surface area contributed by atoms with Crippen molar-refractivity contribution in [1.82, 2.24) is 0 Å². The molecule has 1 rings (SSSR count). The van der Waals surface area contributed by atoms with Crippen LogP contribution < -0.4 is 0 Å². The Morgan fingerprint density at radius 2 is 2.33 bits per heavy atom. The van der Waals surface area contributed by atoms with Crippen LogP contribution in [0.25, 0.3) is 0 Å². The monoisotopic (exact) mass is 126 g/mol. The van der Waals surface area contributed by atoms with Crippen LogP contribution >= 0.6 is 0 Å². The molecule has 1 heteroatoms. The lowest BCUT2D eigenvalue weighted by molar-refractivity contribution is 0.202. The molecule has 0 spiro atoms. The van der Waals surface area contributed by atoms with Gasteiger partial charge >= 0.3 is 0 Å². The summed E-state index contributed by atoms with van der Waals surface area (Å²) in [7, 11) is 0. The highest BCUT2D eigenvalue weighted by Crippen LogP contribution is 2.33. The molecule has 0 aliphatic heterocycles. The molecular weight excluding hydrogens is 112 g/mol. The Balaban J connectivity index is 2.47. The molecule has 52 valence electrons. The predicted octanol–water partition coefficient (Wildman–Crippen LogP) is 1.58. The molecule has 1 aliphatic rings. The van der Waals surface area contributed by atoms with Gasteiger partial charge in [0.15, 0.2) is 0 Å². The van der Waals surface area contributed by atoms with Crippen LogP contribution in [-0.4, -0.2) is 11.7 Å². The van der Waals surface area contributed by atoms with Gasteiger partial charge in [-0.25, -0.2) is 0 Å². The fraction of sp³-hybridized carbons (Fsp3) is 0.750. The number of hydrogen-bond acceptors (Lipinski definition) is 1.